The van der Waals surface area contributed by atoms with E-state index in [-0.39, 0.29) is 5.78 Å². The summed E-state index contributed by atoms with van der Waals surface area (Å²) in [5.41, 5.74) is 0. The zero-order valence-corrected chi connectivity index (χ0v) is 8.28. The third-order valence-electron chi connectivity index (χ3n) is 1.53. The lowest BCUT2D eigenvalue weighted by molar-refractivity contribution is 0.0996. The van der Waals surface area contributed by atoms with Crippen molar-refractivity contribution in [3.63, 3.8) is 0 Å². The van der Waals surface area contributed by atoms with Crippen LogP contribution in [0.25, 0.3) is 0 Å². The van der Waals surface area contributed by atoms with Gasteiger partial charge in [-0.3, -0.25) is 10.1 Å². The third-order valence-corrected chi connectivity index (χ3v) is 2.57. The van der Waals surface area contributed by atoms with Crippen molar-refractivity contribution in [2.24, 2.45) is 0 Å². The number of rotatable bonds is 4. The van der Waals surface area contributed by atoms with Crippen LogP contribution in [0, 0.1) is 19.3 Å². The molecule has 0 fully saturated rings. The Morgan fingerprint density at radius 2 is 2.46 bits per heavy atom. The van der Waals surface area contributed by atoms with Gasteiger partial charge in [-0.05, 0) is 19.1 Å². The van der Waals surface area contributed by atoms with Crippen molar-refractivity contribution in [2.75, 3.05) is 13.1 Å². The van der Waals surface area contributed by atoms with E-state index in [9.17, 15) is 4.79 Å². The Labute approximate surface area is 82.0 Å². The van der Waals surface area contributed by atoms with Crippen LogP contribution in [0.1, 0.15) is 14.5 Å². The Balaban J connectivity index is 2.45. The lowest BCUT2D eigenvalue weighted by atomic mass is 10.3. The van der Waals surface area contributed by atoms with Crippen LogP contribution in [-0.4, -0.2) is 18.9 Å². The molecule has 0 amide bonds. The van der Waals surface area contributed by atoms with Gasteiger partial charge in [-0.15, -0.1) is 17.8 Å². The van der Waals surface area contributed by atoms with Crippen LogP contribution in [0.5, 0.6) is 0 Å². The van der Waals surface area contributed by atoms with Gasteiger partial charge in [0.25, 0.3) is 0 Å². The Bertz CT molecular complexity index is 335. The van der Waals surface area contributed by atoms with E-state index in [2.05, 4.69) is 11.2 Å². The number of carbonyl (C=O) groups is 1. The van der Waals surface area contributed by atoms with Crippen LogP contribution >= 0.6 is 11.3 Å². The van der Waals surface area contributed by atoms with Gasteiger partial charge in [0, 0.05) is 4.88 Å². The Kier molecular flexibility index (Phi) is 3.69. The molecule has 1 heterocycles. The molecule has 1 rings (SSSR count). The molecule has 3 heteroatoms. The number of terminal acetylenes is 1. The Morgan fingerprint density at radius 3 is 3.00 bits per heavy atom. The molecule has 1 aromatic heterocycles. The van der Waals surface area contributed by atoms with Crippen molar-refractivity contribution in [3.05, 3.63) is 21.9 Å². The molecule has 13 heavy (non-hydrogen) atoms. The van der Waals surface area contributed by atoms with Crippen LogP contribution in [0.4, 0.5) is 0 Å². The molecule has 0 spiro atoms. The number of hydrogen-bond acceptors (Lipinski definition) is 3. The highest BCUT2D eigenvalue weighted by Gasteiger charge is 2.06. The average Bonchev–Trinajstić information content (AvgIpc) is 2.52. The van der Waals surface area contributed by atoms with E-state index in [1.54, 1.807) is 0 Å². The van der Waals surface area contributed by atoms with Gasteiger partial charge in [-0.1, -0.05) is 5.92 Å². The van der Waals surface area contributed by atoms with Crippen molar-refractivity contribution in [1.82, 2.24) is 5.32 Å². The molecule has 0 saturated heterocycles. The minimum absolute atomic E-state index is 0.105. The highest BCUT2D eigenvalue weighted by Crippen LogP contribution is 2.14. The first-order valence-electron chi connectivity index (χ1n) is 3.98. The second kappa shape index (κ2) is 4.80. The summed E-state index contributed by atoms with van der Waals surface area (Å²) in [6.07, 6.45) is 5.04. The maximum Gasteiger partial charge on any atom is 0.186 e. The minimum Gasteiger partial charge on any atom is -0.299 e. The molecular weight excluding hydrogens is 182 g/mol. The maximum absolute atomic E-state index is 11.4. The number of thiophene rings is 1. The second-order valence-electron chi connectivity index (χ2n) is 2.64. The summed E-state index contributed by atoms with van der Waals surface area (Å²) >= 11 is 1.51. The van der Waals surface area contributed by atoms with Crippen molar-refractivity contribution in [3.8, 4) is 12.3 Å². The zero-order chi connectivity index (χ0) is 9.68. The quantitative estimate of drug-likeness (QED) is 0.445. The van der Waals surface area contributed by atoms with Crippen molar-refractivity contribution >= 4 is 17.1 Å². The highest BCUT2D eigenvalue weighted by atomic mass is 32.1. The first kappa shape index (κ1) is 9.97. The van der Waals surface area contributed by atoms with Gasteiger partial charge < -0.3 is 0 Å². The van der Waals surface area contributed by atoms with Crippen molar-refractivity contribution in [1.29, 1.82) is 0 Å². The molecule has 0 unspecified atom stereocenters. The number of Topliss-reactive ketones (excluding diaryl/α,β-unsaturated/α-hetero) is 1. The average molecular weight is 193 g/mol. The number of ketones is 1. The molecular formula is C10H11NOS. The van der Waals surface area contributed by atoms with E-state index in [4.69, 9.17) is 6.42 Å². The first-order chi connectivity index (χ1) is 6.24. The summed E-state index contributed by atoms with van der Waals surface area (Å²) in [4.78, 5) is 13.4. The van der Waals surface area contributed by atoms with E-state index in [0.29, 0.717) is 13.1 Å². The molecule has 2 nitrogen and oxygen atoms in total. The Hall–Kier alpha value is -1.11. The number of carbonyl (C=O) groups excluding carboxylic acids is 1. The SMILES string of the molecule is C#CCNCC(=O)c1ccc(C)s1. The van der Waals surface area contributed by atoms with E-state index >= 15 is 0 Å². The first-order valence-corrected chi connectivity index (χ1v) is 4.79. The highest BCUT2D eigenvalue weighted by molar-refractivity contribution is 7.14. The Morgan fingerprint density at radius 1 is 1.69 bits per heavy atom. The van der Waals surface area contributed by atoms with Gasteiger partial charge in [-0.25, -0.2) is 0 Å². The lowest BCUT2D eigenvalue weighted by Crippen LogP contribution is -2.22. The molecule has 0 radical (unpaired) electrons. The lowest BCUT2D eigenvalue weighted by Gasteiger charge is -1.96. The fraction of sp³-hybridized carbons (Fsp3) is 0.300. The van der Waals surface area contributed by atoms with E-state index in [0.717, 1.165) is 9.75 Å². The predicted molar refractivity (Wildman–Crippen MR) is 55.1 cm³/mol. The van der Waals surface area contributed by atoms with Crippen LogP contribution in [-0.2, 0) is 0 Å². The third kappa shape index (κ3) is 3.02. The van der Waals surface area contributed by atoms with Gasteiger partial charge in [0.2, 0.25) is 0 Å². The summed E-state index contributed by atoms with van der Waals surface area (Å²) in [5.74, 6) is 2.52. The van der Waals surface area contributed by atoms with Crippen LogP contribution < -0.4 is 5.32 Å². The van der Waals surface area contributed by atoms with E-state index in [1.807, 2.05) is 19.1 Å². The van der Waals surface area contributed by atoms with Gasteiger partial charge in [-0.2, -0.15) is 0 Å². The van der Waals surface area contributed by atoms with Gasteiger partial charge in [0.1, 0.15) is 0 Å². The summed E-state index contributed by atoms with van der Waals surface area (Å²) in [5, 5.41) is 2.86. The summed E-state index contributed by atoms with van der Waals surface area (Å²) in [7, 11) is 0. The second-order valence-corrected chi connectivity index (χ2v) is 3.93. The normalized spacial score (nSPS) is 9.54. The summed E-state index contributed by atoms with van der Waals surface area (Å²) < 4.78 is 0. The van der Waals surface area contributed by atoms with E-state index < -0.39 is 0 Å². The number of nitrogens with one attached hydrogen (secondary N) is 1. The van der Waals surface area contributed by atoms with Crippen molar-refractivity contribution < 1.29 is 4.79 Å². The van der Waals surface area contributed by atoms with Crippen LogP contribution in [0.15, 0.2) is 12.1 Å². The molecule has 1 aromatic rings. The minimum atomic E-state index is 0.105. The molecule has 0 bridgehead atoms. The fourth-order valence-electron chi connectivity index (χ4n) is 0.920. The molecule has 0 aliphatic carbocycles. The van der Waals surface area contributed by atoms with Gasteiger partial charge >= 0.3 is 0 Å². The summed E-state index contributed by atoms with van der Waals surface area (Å²) in [6.45, 7) is 2.75. The molecule has 0 atom stereocenters. The van der Waals surface area contributed by atoms with Crippen LogP contribution in [0.3, 0.4) is 0 Å². The molecule has 0 aliphatic rings. The van der Waals surface area contributed by atoms with Crippen LogP contribution in [0.2, 0.25) is 0 Å². The standard InChI is InChI=1S/C10H11NOS/c1-3-6-11-7-9(12)10-5-4-8(2)13-10/h1,4-5,11H,6-7H2,2H3. The maximum atomic E-state index is 11.4. The largest absolute Gasteiger partial charge is 0.299 e. The number of hydrogen-bond donors (Lipinski definition) is 1. The van der Waals surface area contributed by atoms with Crippen molar-refractivity contribution in [2.45, 2.75) is 6.92 Å². The molecule has 0 aromatic carbocycles. The molecule has 1 N–H and O–H groups in total. The van der Waals surface area contributed by atoms with E-state index in [1.165, 1.54) is 11.3 Å². The molecule has 68 valence electrons. The summed E-state index contributed by atoms with van der Waals surface area (Å²) in [6, 6.07) is 3.79. The monoisotopic (exact) mass is 193 g/mol. The zero-order valence-electron chi connectivity index (χ0n) is 7.46. The topological polar surface area (TPSA) is 29.1 Å². The van der Waals surface area contributed by atoms with Gasteiger partial charge in [0.05, 0.1) is 18.0 Å². The molecule has 0 aliphatic heterocycles. The fourth-order valence-corrected chi connectivity index (χ4v) is 1.72. The van der Waals surface area contributed by atoms with Gasteiger partial charge in [0.15, 0.2) is 5.78 Å². The predicted octanol–water partition coefficient (Wildman–Crippen LogP) is 1.46. The molecule has 0 saturated carbocycles. The smallest absolute Gasteiger partial charge is 0.186 e. The number of aryl methyl sites for hydroxylation is 1.